The van der Waals surface area contributed by atoms with Crippen molar-refractivity contribution in [3.63, 3.8) is 0 Å². The zero-order chi connectivity index (χ0) is 48.9. The maximum absolute atomic E-state index is 13.2. The van der Waals surface area contributed by atoms with Crippen LogP contribution in [0, 0.1) is 0 Å². The summed E-state index contributed by atoms with van der Waals surface area (Å²) in [5.41, 5.74) is 0. The Balaban J connectivity index is 1.83. The van der Waals surface area contributed by atoms with Crippen molar-refractivity contribution in [1.29, 1.82) is 0 Å². The van der Waals surface area contributed by atoms with Gasteiger partial charge >= 0.3 is 0 Å². The monoisotopic (exact) mass is 950 g/mol. The van der Waals surface area contributed by atoms with Crippen molar-refractivity contribution in [2.75, 3.05) is 19.8 Å². The number of ether oxygens (including phenoxy) is 4. The van der Waals surface area contributed by atoms with Crippen molar-refractivity contribution in [2.45, 2.75) is 235 Å². The molecule has 0 aliphatic carbocycles. The number of aliphatic hydroxyl groups excluding tert-OH is 8. The Morgan fingerprint density at radius 2 is 1.04 bits per heavy atom. The lowest BCUT2D eigenvalue weighted by Crippen LogP contribution is -2.65. The zero-order valence-electron chi connectivity index (χ0n) is 40.9. The molecule has 2 aliphatic heterocycles. The molecule has 0 radical (unpaired) electrons. The van der Waals surface area contributed by atoms with Gasteiger partial charge in [-0.1, -0.05) is 157 Å². The molecule has 2 heterocycles. The maximum atomic E-state index is 13.2. The van der Waals surface area contributed by atoms with Gasteiger partial charge in [0.15, 0.2) is 12.6 Å². The largest absolute Gasteiger partial charge is 0.394 e. The van der Waals surface area contributed by atoms with E-state index in [2.05, 4.69) is 79.9 Å². The predicted octanol–water partition coefficient (Wildman–Crippen LogP) is 6.82. The summed E-state index contributed by atoms with van der Waals surface area (Å²) in [6, 6.07) is -0.938. The number of amides is 1. The van der Waals surface area contributed by atoms with E-state index in [1.54, 1.807) is 6.08 Å². The molecule has 0 spiro atoms. The first-order valence-electron chi connectivity index (χ1n) is 25.7. The van der Waals surface area contributed by atoms with Gasteiger partial charge in [0, 0.05) is 6.42 Å². The van der Waals surface area contributed by atoms with Gasteiger partial charge in [0.25, 0.3) is 0 Å². The third-order valence-corrected chi connectivity index (χ3v) is 12.1. The number of hydrogen-bond acceptors (Lipinski definition) is 13. The van der Waals surface area contributed by atoms with Crippen LogP contribution in [-0.4, -0.2) is 140 Å². The Bertz CT molecular complexity index is 1400. The first-order valence-corrected chi connectivity index (χ1v) is 25.7. The molecule has 2 aliphatic rings. The Labute approximate surface area is 402 Å². The highest BCUT2D eigenvalue weighted by molar-refractivity contribution is 5.76. The molecule has 12 unspecified atom stereocenters. The van der Waals surface area contributed by atoms with Gasteiger partial charge in [0.2, 0.25) is 5.91 Å². The van der Waals surface area contributed by atoms with Crippen LogP contribution in [0.3, 0.4) is 0 Å². The molecule has 0 aromatic rings. The van der Waals surface area contributed by atoms with Gasteiger partial charge in [0.1, 0.15) is 48.8 Å². The van der Waals surface area contributed by atoms with Crippen molar-refractivity contribution >= 4 is 5.91 Å². The van der Waals surface area contributed by atoms with Crippen LogP contribution in [0.4, 0.5) is 0 Å². The Morgan fingerprint density at radius 3 is 1.64 bits per heavy atom. The van der Waals surface area contributed by atoms with E-state index in [1.165, 1.54) is 57.8 Å². The molecule has 14 nitrogen and oxygen atoms in total. The molecule has 12 atom stereocenters. The van der Waals surface area contributed by atoms with Gasteiger partial charge in [-0.25, -0.2) is 0 Å². The molecule has 0 saturated carbocycles. The van der Waals surface area contributed by atoms with E-state index in [-0.39, 0.29) is 18.9 Å². The number of aliphatic hydroxyl groups is 8. The summed E-state index contributed by atoms with van der Waals surface area (Å²) in [5, 5.41) is 86.7. The fourth-order valence-corrected chi connectivity index (χ4v) is 7.94. The van der Waals surface area contributed by atoms with Gasteiger partial charge in [-0.15, -0.1) is 0 Å². The van der Waals surface area contributed by atoms with E-state index in [1.807, 2.05) is 6.08 Å². The van der Waals surface area contributed by atoms with Crippen LogP contribution in [0.25, 0.3) is 0 Å². The Hall–Kier alpha value is -2.57. The number of nitrogens with one attached hydrogen (secondary N) is 1. The summed E-state index contributed by atoms with van der Waals surface area (Å²) in [6.45, 7) is 2.61. The third kappa shape index (κ3) is 26.3. The zero-order valence-corrected chi connectivity index (χ0v) is 40.9. The highest BCUT2D eigenvalue weighted by atomic mass is 16.7. The van der Waals surface area contributed by atoms with Crippen molar-refractivity contribution in [3.05, 3.63) is 72.9 Å². The Morgan fingerprint density at radius 1 is 0.552 bits per heavy atom. The second kappa shape index (κ2) is 39.2. The van der Waals surface area contributed by atoms with Crippen molar-refractivity contribution in [1.82, 2.24) is 5.32 Å². The highest BCUT2D eigenvalue weighted by Gasteiger charge is 2.51. The summed E-state index contributed by atoms with van der Waals surface area (Å²) < 4.78 is 22.7. The van der Waals surface area contributed by atoms with Gasteiger partial charge in [-0.3, -0.25) is 4.79 Å². The molecule has 1 amide bonds. The van der Waals surface area contributed by atoms with E-state index in [0.717, 1.165) is 70.6 Å². The smallest absolute Gasteiger partial charge is 0.220 e. The number of allylic oxidation sites excluding steroid dienone is 11. The average molecular weight is 950 g/mol. The van der Waals surface area contributed by atoms with Crippen molar-refractivity contribution < 1.29 is 64.6 Å². The standard InChI is InChI=1S/C53H91NO13/c1-3-5-7-9-11-13-15-17-18-19-20-21-22-23-24-25-27-29-31-33-35-37-45(58)54-41(42(57)36-34-32-30-28-26-16-14-12-10-8-6-4-2)40-64-52-50(63)48(61)51(44(39-56)66-52)67-53-49(62)47(60)46(59)43(38-55)65-53/h5,7,11,13,17-18,20-21,26,28,34,36,41-44,46-53,55-57,59-63H,3-4,6,8-10,12,14-16,19,22-25,27,29-33,35,37-40H2,1-2H3,(H,54,58)/b7-5-,13-11-,18-17-,21-20-,28-26+,36-34+. The predicted molar refractivity (Wildman–Crippen MR) is 263 cm³/mol. The maximum Gasteiger partial charge on any atom is 0.220 e. The molecule has 0 aromatic heterocycles. The first kappa shape index (κ1) is 60.6. The number of hydrogen-bond donors (Lipinski definition) is 9. The van der Waals surface area contributed by atoms with E-state index >= 15 is 0 Å². The normalized spacial score (nSPS) is 27.2. The van der Waals surface area contributed by atoms with E-state index < -0.39 is 86.8 Å². The number of rotatable bonds is 38. The van der Waals surface area contributed by atoms with Crippen LogP contribution >= 0.6 is 0 Å². The van der Waals surface area contributed by atoms with Crippen LogP contribution in [0.2, 0.25) is 0 Å². The fraction of sp³-hybridized carbons (Fsp3) is 0.755. The molecule has 2 fully saturated rings. The van der Waals surface area contributed by atoms with Crippen molar-refractivity contribution in [2.24, 2.45) is 0 Å². The van der Waals surface area contributed by atoms with Gasteiger partial charge in [0.05, 0.1) is 32.0 Å². The molecule has 386 valence electrons. The lowest BCUT2D eigenvalue weighted by Gasteiger charge is -2.46. The number of carbonyl (C=O) groups excluding carboxylic acids is 1. The van der Waals surface area contributed by atoms with Crippen LogP contribution in [0.5, 0.6) is 0 Å². The third-order valence-electron chi connectivity index (χ3n) is 12.1. The van der Waals surface area contributed by atoms with Crippen LogP contribution < -0.4 is 5.32 Å². The SMILES string of the molecule is CC/C=C\C/C=C\C/C=C\C/C=C\CCCCCCCCCCC(=O)NC(COC1OC(CO)C(OC2OC(CO)C(O)C(O)C2O)C(O)C1O)C(O)/C=C/CC/C=C/CCCCCCCC. The summed E-state index contributed by atoms with van der Waals surface area (Å²) >= 11 is 0. The lowest BCUT2D eigenvalue weighted by atomic mass is 9.97. The van der Waals surface area contributed by atoms with E-state index in [0.29, 0.717) is 12.8 Å². The summed E-state index contributed by atoms with van der Waals surface area (Å²) in [6.07, 6.45) is 32.3. The van der Waals surface area contributed by atoms with Gasteiger partial charge in [-0.2, -0.15) is 0 Å². The molecular weight excluding hydrogens is 859 g/mol. The fourth-order valence-electron chi connectivity index (χ4n) is 7.94. The number of unbranched alkanes of at least 4 members (excludes halogenated alkanes) is 15. The van der Waals surface area contributed by atoms with Crippen LogP contribution in [0.15, 0.2) is 72.9 Å². The van der Waals surface area contributed by atoms with Crippen LogP contribution in [-0.2, 0) is 23.7 Å². The highest BCUT2D eigenvalue weighted by Crippen LogP contribution is 2.30. The molecule has 0 bridgehead atoms. The summed E-state index contributed by atoms with van der Waals surface area (Å²) in [5.74, 6) is -0.263. The second-order valence-electron chi connectivity index (χ2n) is 17.9. The average Bonchev–Trinajstić information content (AvgIpc) is 3.32. The van der Waals surface area contributed by atoms with E-state index in [4.69, 9.17) is 18.9 Å². The summed E-state index contributed by atoms with van der Waals surface area (Å²) in [7, 11) is 0. The molecule has 9 N–H and O–H groups in total. The first-order chi connectivity index (χ1) is 32.6. The minimum absolute atomic E-state index is 0.260. The molecular formula is C53H91NO13. The van der Waals surface area contributed by atoms with Crippen molar-refractivity contribution in [3.8, 4) is 0 Å². The van der Waals surface area contributed by atoms with Gasteiger partial charge in [-0.05, 0) is 70.6 Å². The lowest BCUT2D eigenvalue weighted by molar-refractivity contribution is -0.359. The van der Waals surface area contributed by atoms with Gasteiger partial charge < -0.3 is 65.1 Å². The second-order valence-corrected chi connectivity index (χ2v) is 17.9. The molecule has 0 aromatic carbocycles. The molecule has 2 rings (SSSR count). The molecule has 14 heteroatoms. The van der Waals surface area contributed by atoms with E-state index in [9.17, 15) is 45.6 Å². The Kier molecular flexibility index (Phi) is 35.4. The number of carbonyl (C=O) groups is 1. The van der Waals surface area contributed by atoms with Crippen LogP contribution in [0.1, 0.15) is 162 Å². The molecule has 67 heavy (non-hydrogen) atoms. The topological polar surface area (TPSA) is 228 Å². The minimum Gasteiger partial charge on any atom is -0.394 e. The summed E-state index contributed by atoms with van der Waals surface area (Å²) in [4.78, 5) is 13.2. The molecule has 2 saturated heterocycles. The quantitative estimate of drug-likeness (QED) is 0.0229. The minimum atomic E-state index is -1.79.